The Morgan fingerprint density at radius 1 is 1.21 bits per heavy atom. The highest BCUT2D eigenvalue weighted by Crippen LogP contribution is 2.36. The van der Waals surface area contributed by atoms with Gasteiger partial charge in [-0.25, -0.2) is 0 Å². The van der Waals surface area contributed by atoms with Crippen molar-refractivity contribution in [1.82, 2.24) is 0 Å². The Hall–Kier alpha value is -0.780. The predicted molar refractivity (Wildman–Crippen MR) is 64.3 cm³/mol. The van der Waals surface area contributed by atoms with Gasteiger partial charge in [0.1, 0.15) is 0 Å². The zero-order chi connectivity index (χ0) is 10.8. The summed E-state index contributed by atoms with van der Waals surface area (Å²) in [5.41, 5.74) is 4.62. The summed E-state index contributed by atoms with van der Waals surface area (Å²) in [6.07, 6.45) is 9.37. The third-order valence-electron chi connectivity index (χ3n) is 2.99. The minimum atomic E-state index is 0.336. The largest absolute Gasteiger partial charge is 0.0692 e. The fourth-order valence-electron chi connectivity index (χ4n) is 1.94. The molecule has 0 bridgehead atoms. The summed E-state index contributed by atoms with van der Waals surface area (Å²) in [5.74, 6) is 0. The van der Waals surface area contributed by atoms with Crippen LogP contribution in [0, 0.1) is 5.41 Å². The third kappa shape index (κ3) is 2.37. The lowest BCUT2D eigenvalue weighted by atomic mass is 9.80. The fraction of sp³-hybridized carbons (Fsp3) is 0.571. The molecule has 14 heavy (non-hydrogen) atoms. The molecular formula is C14H22. The van der Waals surface area contributed by atoms with Gasteiger partial charge in [-0.3, -0.25) is 0 Å². The van der Waals surface area contributed by atoms with E-state index in [9.17, 15) is 0 Å². The molecule has 78 valence electrons. The number of rotatable bonds is 3. The molecule has 0 N–H and O–H groups in total. The van der Waals surface area contributed by atoms with Crippen molar-refractivity contribution in [2.24, 2.45) is 5.41 Å². The summed E-state index contributed by atoms with van der Waals surface area (Å²) < 4.78 is 0. The molecule has 0 atom stereocenters. The van der Waals surface area contributed by atoms with E-state index in [1.165, 1.54) is 29.6 Å². The van der Waals surface area contributed by atoms with E-state index in [0.29, 0.717) is 5.41 Å². The molecule has 0 amide bonds. The van der Waals surface area contributed by atoms with Crippen LogP contribution in [0.25, 0.3) is 0 Å². The minimum Gasteiger partial charge on any atom is -0.0692 e. The second kappa shape index (κ2) is 4.16. The van der Waals surface area contributed by atoms with Crippen LogP contribution in [0.15, 0.2) is 34.9 Å². The lowest BCUT2D eigenvalue weighted by Gasteiger charge is -2.24. The SMILES string of the molecule is CCCC(C)(C)C1=CC(=C(C)C)C=C1. The molecule has 0 fully saturated rings. The smallest absolute Gasteiger partial charge is 0.0103 e. The van der Waals surface area contributed by atoms with Crippen molar-refractivity contribution in [3.8, 4) is 0 Å². The lowest BCUT2D eigenvalue weighted by molar-refractivity contribution is 0.413. The molecule has 0 aromatic heterocycles. The second-order valence-corrected chi connectivity index (χ2v) is 5.02. The van der Waals surface area contributed by atoms with Crippen molar-refractivity contribution in [2.75, 3.05) is 0 Å². The van der Waals surface area contributed by atoms with Crippen molar-refractivity contribution in [2.45, 2.75) is 47.5 Å². The Morgan fingerprint density at radius 2 is 1.86 bits per heavy atom. The molecule has 0 radical (unpaired) electrons. The van der Waals surface area contributed by atoms with Crippen LogP contribution in [-0.4, -0.2) is 0 Å². The standard InChI is InChI=1S/C14H22/c1-6-9-14(4,5)13-8-7-12(10-13)11(2)3/h7-8,10H,6,9H2,1-5H3. The summed E-state index contributed by atoms with van der Waals surface area (Å²) in [5, 5.41) is 0. The quantitative estimate of drug-likeness (QED) is 0.608. The monoisotopic (exact) mass is 190 g/mol. The molecule has 0 heteroatoms. The molecule has 0 heterocycles. The number of hydrogen-bond acceptors (Lipinski definition) is 0. The van der Waals surface area contributed by atoms with E-state index in [1.807, 2.05) is 0 Å². The average molecular weight is 190 g/mol. The van der Waals surface area contributed by atoms with Crippen LogP contribution in [0.4, 0.5) is 0 Å². The van der Waals surface area contributed by atoms with E-state index < -0.39 is 0 Å². The van der Waals surface area contributed by atoms with E-state index >= 15 is 0 Å². The first kappa shape index (κ1) is 11.3. The molecule has 0 aromatic carbocycles. The minimum absolute atomic E-state index is 0.336. The first-order valence-electron chi connectivity index (χ1n) is 5.55. The normalized spacial score (nSPS) is 16.1. The van der Waals surface area contributed by atoms with Crippen molar-refractivity contribution in [3.05, 3.63) is 34.9 Å². The second-order valence-electron chi connectivity index (χ2n) is 5.02. The molecular weight excluding hydrogens is 168 g/mol. The fourth-order valence-corrected chi connectivity index (χ4v) is 1.94. The maximum atomic E-state index is 2.34. The van der Waals surface area contributed by atoms with Crippen molar-refractivity contribution >= 4 is 0 Å². The van der Waals surface area contributed by atoms with Gasteiger partial charge in [0.05, 0.1) is 0 Å². The van der Waals surface area contributed by atoms with E-state index in [-0.39, 0.29) is 0 Å². The first-order valence-corrected chi connectivity index (χ1v) is 5.55. The summed E-state index contributed by atoms with van der Waals surface area (Å²) in [7, 11) is 0. The average Bonchev–Trinajstić information content (AvgIpc) is 2.51. The van der Waals surface area contributed by atoms with Crippen molar-refractivity contribution < 1.29 is 0 Å². The summed E-state index contributed by atoms with van der Waals surface area (Å²) >= 11 is 0. The van der Waals surface area contributed by atoms with Gasteiger partial charge in [0, 0.05) is 0 Å². The summed E-state index contributed by atoms with van der Waals surface area (Å²) in [4.78, 5) is 0. The maximum absolute atomic E-state index is 2.34. The summed E-state index contributed by atoms with van der Waals surface area (Å²) in [6.45, 7) is 11.3. The van der Waals surface area contributed by atoms with Gasteiger partial charge in [0.15, 0.2) is 0 Å². The van der Waals surface area contributed by atoms with Crippen LogP contribution in [0.3, 0.4) is 0 Å². The van der Waals surface area contributed by atoms with E-state index in [2.05, 4.69) is 52.8 Å². The molecule has 0 saturated carbocycles. The maximum Gasteiger partial charge on any atom is -0.0103 e. The molecule has 0 nitrogen and oxygen atoms in total. The molecule has 1 aliphatic carbocycles. The Kier molecular flexibility index (Phi) is 3.36. The summed E-state index contributed by atoms with van der Waals surface area (Å²) in [6, 6.07) is 0. The van der Waals surface area contributed by atoms with E-state index in [4.69, 9.17) is 0 Å². The van der Waals surface area contributed by atoms with Crippen LogP contribution in [-0.2, 0) is 0 Å². The van der Waals surface area contributed by atoms with Crippen LogP contribution in [0.5, 0.6) is 0 Å². The number of allylic oxidation sites excluding steroid dienone is 6. The van der Waals surface area contributed by atoms with Crippen molar-refractivity contribution in [1.29, 1.82) is 0 Å². The molecule has 0 unspecified atom stereocenters. The van der Waals surface area contributed by atoms with E-state index in [1.54, 1.807) is 0 Å². The highest BCUT2D eigenvalue weighted by Gasteiger charge is 2.22. The van der Waals surface area contributed by atoms with Crippen LogP contribution in [0.1, 0.15) is 47.5 Å². The highest BCUT2D eigenvalue weighted by atomic mass is 14.3. The van der Waals surface area contributed by atoms with E-state index in [0.717, 1.165) is 0 Å². The van der Waals surface area contributed by atoms with Gasteiger partial charge in [-0.1, -0.05) is 51.0 Å². The van der Waals surface area contributed by atoms with Gasteiger partial charge in [-0.2, -0.15) is 0 Å². The molecule has 0 spiro atoms. The van der Waals surface area contributed by atoms with Gasteiger partial charge < -0.3 is 0 Å². The van der Waals surface area contributed by atoms with Gasteiger partial charge in [-0.05, 0) is 36.8 Å². The van der Waals surface area contributed by atoms with Gasteiger partial charge in [-0.15, -0.1) is 0 Å². The van der Waals surface area contributed by atoms with Gasteiger partial charge in [0.2, 0.25) is 0 Å². The zero-order valence-electron chi connectivity index (χ0n) is 10.1. The number of hydrogen-bond donors (Lipinski definition) is 0. The van der Waals surface area contributed by atoms with Gasteiger partial charge in [0.25, 0.3) is 0 Å². The highest BCUT2D eigenvalue weighted by molar-refractivity contribution is 5.49. The first-order chi connectivity index (χ1) is 6.47. The lowest BCUT2D eigenvalue weighted by Crippen LogP contribution is -2.12. The predicted octanol–water partition coefficient (Wildman–Crippen LogP) is 4.65. The van der Waals surface area contributed by atoms with Crippen LogP contribution in [0.2, 0.25) is 0 Å². The Bertz CT molecular complexity index is 294. The Labute approximate surface area is 88.4 Å². The molecule has 0 aliphatic heterocycles. The van der Waals surface area contributed by atoms with Crippen LogP contribution >= 0.6 is 0 Å². The Balaban J connectivity index is 2.89. The third-order valence-corrected chi connectivity index (χ3v) is 2.99. The molecule has 0 aromatic rings. The van der Waals surface area contributed by atoms with Crippen molar-refractivity contribution in [3.63, 3.8) is 0 Å². The Morgan fingerprint density at radius 3 is 2.29 bits per heavy atom. The molecule has 0 saturated heterocycles. The zero-order valence-corrected chi connectivity index (χ0v) is 10.1. The van der Waals surface area contributed by atoms with Gasteiger partial charge >= 0.3 is 0 Å². The topological polar surface area (TPSA) is 0 Å². The van der Waals surface area contributed by atoms with Crippen LogP contribution < -0.4 is 0 Å². The molecule has 1 rings (SSSR count). The molecule has 1 aliphatic rings.